The molecule has 0 heterocycles. The zero-order valence-corrected chi connectivity index (χ0v) is 10.6. The number of aliphatic carboxylic acids is 1. The smallest absolute Gasteiger partial charge is 0.328 e. The molecular formula is C11H19N3O4. The first-order chi connectivity index (χ1) is 8.42. The number of hydrogen-bond acceptors (Lipinski definition) is 4. The van der Waals surface area contributed by atoms with Crippen LogP contribution in [0, 0.1) is 17.2 Å². The van der Waals surface area contributed by atoms with Crippen LogP contribution in [0.25, 0.3) is 0 Å². The second-order valence-electron chi connectivity index (χ2n) is 4.27. The number of carbonyl (C=O) groups excluding carboxylic acids is 1. The highest BCUT2D eigenvalue weighted by Crippen LogP contribution is 2.01. The summed E-state index contributed by atoms with van der Waals surface area (Å²) < 4.78 is 0. The SMILES string of the molecule is CC(C)CN(CCC#N)C(=O)N[C@@H](CO)C(=O)O. The molecule has 0 aliphatic carbocycles. The second kappa shape index (κ2) is 8.31. The van der Waals surface area contributed by atoms with Crippen LogP contribution in [-0.4, -0.2) is 52.9 Å². The van der Waals surface area contributed by atoms with E-state index in [9.17, 15) is 9.59 Å². The molecular weight excluding hydrogens is 238 g/mol. The predicted octanol–water partition coefficient (Wildman–Crippen LogP) is 0.0132. The van der Waals surface area contributed by atoms with Gasteiger partial charge in [-0.15, -0.1) is 0 Å². The molecule has 0 aromatic carbocycles. The van der Waals surface area contributed by atoms with Gasteiger partial charge in [0.05, 0.1) is 19.1 Å². The number of hydrogen-bond donors (Lipinski definition) is 3. The van der Waals surface area contributed by atoms with E-state index in [2.05, 4.69) is 5.32 Å². The Labute approximate surface area is 106 Å². The first kappa shape index (κ1) is 16.2. The molecule has 0 fully saturated rings. The van der Waals surface area contributed by atoms with Gasteiger partial charge in [0.15, 0.2) is 6.04 Å². The number of carboxylic acids is 1. The molecule has 0 aliphatic rings. The number of carboxylic acid groups (broad SMARTS) is 1. The summed E-state index contributed by atoms with van der Waals surface area (Å²) in [5.74, 6) is -1.09. The molecule has 18 heavy (non-hydrogen) atoms. The van der Waals surface area contributed by atoms with Crippen LogP contribution in [0.5, 0.6) is 0 Å². The lowest BCUT2D eigenvalue weighted by atomic mass is 10.2. The van der Waals surface area contributed by atoms with Crippen LogP contribution in [0.3, 0.4) is 0 Å². The summed E-state index contributed by atoms with van der Waals surface area (Å²) in [5.41, 5.74) is 0. The zero-order chi connectivity index (χ0) is 14.1. The van der Waals surface area contributed by atoms with Gasteiger partial charge in [-0.2, -0.15) is 5.26 Å². The fraction of sp³-hybridized carbons (Fsp3) is 0.727. The minimum absolute atomic E-state index is 0.178. The molecule has 0 aromatic heterocycles. The van der Waals surface area contributed by atoms with Crippen molar-refractivity contribution in [1.29, 1.82) is 5.26 Å². The second-order valence-corrected chi connectivity index (χ2v) is 4.27. The van der Waals surface area contributed by atoms with Crippen molar-refractivity contribution < 1.29 is 19.8 Å². The predicted molar refractivity (Wildman–Crippen MR) is 63.7 cm³/mol. The minimum Gasteiger partial charge on any atom is -0.480 e. The van der Waals surface area contributed by atoms with Gasteiger partial charge in [-0.05, 0) is 5.92 Å². The molecule has 2 amide bonds. The van der Waals surface area contributed by atoms with Crippen molar-refractivity contribution in [2.75, 3.05) is 19.7 Å². The Balaban J connectivity index is 4.53. The fourth-order valence-electron chi connectivity index (χ4n) is 1.33. The lowest BCUT2D eigenvalue weighted by Crippen LogP contribution is -2.50. The number of nitriles is 1. The first-order valence-corrected chi connectivity index (χ1v) is 5.68. The van der Waals surface area contributed by atoms with Gasteiger partial charge in [-0.1, -0.05) is 13.8 Å². The minimum atomic E-state index is -1.32. The van der Waals surface area contributed by atoms with Crippen molar-refractivity contribution in [2.45, 2.75) is 26.3 Å². The summed E-state index contributed by atoms with van der Waals surface area (Å²) in [6.45, 7) is 3.80. The summed E-state index contributed by atoms with van der Waals surface area (Å²) in [4.78, 5) is 23.8. The Morgan fingerprint density at radius 3 is 2.44 bits per heavy atom. The summed E-state index contributed by atoms with van der Waals surface area (Å²) in [5, 5.41) is 28.2. The summed E-state index contributed by atoms with van der Waals surface area (Å²) in [7, 11) is 0. The van der Waals surface area contributed by atoms with Gasteiger partial charge in [0.1, 0.15) is 0 Å². The monoisotopic (exact) mass is 257 g/mol. The molecule has 102 valence electrons. The Hall–Kier alpha value is -1.81. The fourth-order valence-corrected chi connectivity index (χ4v) is 1.33. The van der Waals surface area contributed by atoms with Gasteiger partial charge in [-0.25, -0.2) is 9.59 Å². The first-order valence-electron chi connectivity index (χ1n) is 5.68. The highest BCUT2D eigenvalue weighted by atomic mass is 16.4. The number of amides is 2. The van der Waals surface area contributed by atoms with Gasteiger partial charge in [0.2, 0.25) is 0 Å². The van der Waals surface area contributed by atoms with Gasteiger partial charge >= 0.3 is 12.0 Å². The lowest BCUT2D eigenvalue weighted by molar-refractivity contribution is -0.140. The molecule has 7 nitrogen and oxygen atoms in total. The Bertz CT molecular complexity index is 325. The van der Waals surface area contributed by atoms with Crippen LogP contribution in [0.15, 0.2) is 0 Å². The van der Waals surface area contributed by atoms with Crippen LogP contribution >= 0.6 is 0 Å². The quantitative estimate of drug-likeness (QED) is 0.594. The highest BCUT2D eigenvalue weighted by molar-refractivity contribution is 5.82. The van der Waals surface area contributed by atoms with Crippen LogP contribution in [0.2, 0.25) is 0 Å². The molecule has 1 atom stereocenters. The molecule has 3 N–H and O–H groups in total. The molecule has 0 rings (SSSR count). The normalized spacial score (nSPS) is 11.7. The van der Waals surface area contributed by atoms with Crippen molar-refractivity contribution in [3.8, 4) is 6.07 Å². The molecule has 0 saturated carbocycles. The molecule has 0 spiro atoms. The van der Waals surface area contributed by atoms with Crippen molar-refractivity contribution in [1.82, 2.24) is 10.2 Å². The third-order valence-electron chi connectivity index (χ3n) is 2.14. The van der Waals surface area contributed by atoms with Gasteiger partial charge in [0.25, 0.3) is 0 Å². The Morgan fingerprint density at radius 2 is 2.06 bits per heavy atom. The van der Waals surface area contributed by atoms with E-state index in [4.69, 9.17) is 15.5 Å². The maximum atomic E-state index is 11.8. The van der Waals surface area contributed by atoms with Crippen LogP contribution in [-0.2, 0) is 4.79 Å². The van der Waals surface area contributed by atoms with E-state index in [1.165, 1.54) is 4.90 Å². The summed E-state index contributed by atoms with van der Waals surface area (Å²) in [6, 6.07) is 0.0213. The molecule has 0 aromatic rings. The lowest BCUT2D eigenvalue weighted by Gasteiger charge is -2.25. The number of nitrogens with one attached hydrogen (secondary N) is 1. The number of rotatable bonds is 7. The van der Waals surface area contributed by atoms with Gasteiger partial charge < -0.3 is 20.4 Å². The average molecular weight is 257 g/mol. The van der Waals surface area contributed by atoms with Crippen LogP contribution in [0.4, 0.5) is 4.79 Å². The van der Waals surface area contributed by atoms with E-state index in [0.717, 1.165) is 0 Å². The van der Waals surface area contributed by atoms with E-state index in [-0.39, 0.29) is 18.9 Å². The number of aliphatic hydroxyl groups excluding tert-OH is 1. The summed E-state index contributed by atoms with van der Waals surface area (Å²) >= 11 is 0. The van der Waals surface area contributed by atoms with Crippen LogP contribution in [0.1, 0.15) is 20.3 Å². The largest absolute Gasteiger partial charge is 0.480 e. The third-order valence-corrected chi connectivity index (χ3v) is 2.14. The van der Waals surface area contributed by atoms with E-state index in [1.54, 1.807) is 0 Å². The standard InChI is InChI=1S/C11H19N3O4/c1-8(2)6-14(5-3-4-12)11(18)13-9(7-15)10(16)17/h8-9,15H,3,5-7H2,1-2H3,(H,13,18)(H,16,17)/t9-/m0/s1. The van der Waals surface area contributed by atoms with Crippen LogP contribution < -0.4 is 5.32 Å². The van der Waals surface area contributed by atoms with E-state index in [1.807, 2.05) is 19.9 Å². The Kier molecular flexibility index (Phi) is 7.47. The molecule has 0 saturated heterocycles. The highest BCUT2D eigenvalue weighted by Gasteiger charge is 2.22. The topological polar surface area (TPSA) is 114 Å². The van der Waals surface area contributed by atoms with Gasteiger partial charge in [0, 0.05) is 13.1 Å². The maximum Gasteiger partial charge on any atom is 0.328 e. The number of urea groups is 1. The third kappa shape index (κ3) is 6.06. The Morgan fingerprint density at radius 1 is 1.44 bits per heavy atom. The van der Waals surface area contributed by atoms with Crippen molar-refractivity contribution in [3.63, 3.8) is 0 Å². The molecule has 0 bridgehead atoms. The zero-order valence-electron chi connectivity index (χ0n) is 10.6. The molecule has 7 heteroatoms. The van der Waals surface area contributed by atoms with E-state index < -0.39 is 24.6 Å². The summed E-state index contributed by atoms with van der Waals surface area (Å²) in [6.07, 6.45) is 0.178. The number of carbonyl (C=O) groups is 2. The molecule has 0 unspecified atom stereocenters. The molecule has 0 aliphatic heterocycles. The maximum absolute atomic E-state index is 11.8. The number of nitrogens with zero attached hydrogens (tertiary/aromatic N) is 2. The number of aliphatic hydroxyl groups is 1. The average Bonchev–Trinajstić information content (AvgIpc) is 2.30. The molecule has 0 radical (unpaired) electrons. The van der Waals surface area contributed by atoms with E-state index >= 15 is 0 Å². The van der Waals surface area contributed by atoms with Crippen molar-refractivity contribution in [2.24, 2.45) is 5.92 Å². The van der Waals surface area contributed by atoms with Crippen molar-refractivity contribution >= 4 is 12.0 Å². The van der Waals surface area contributed by atoms with Crippen molar-refractivity contribution in [3.05, 3.63) is 0 Å². The van der Waals surface area contributed by atoms with E-state index in [0.29, 0.717) is 6.54 Å². The van der Waals surface area contributed by atoms with Gasteiger partial charge in [-0.3, -0.25) is 0 Å².